The van der Waals surface area contributed by atoms with Gasteiger partial charge in [-0.05, 0) is 30.3 Å². The maximum Gasteiger partial charge on any atom is 0.329 e. The molecule has 7 heteroatoms. The molecule has 0 saturated heterocycles. The Labute approximate surface area is 136 Å². The average molecular weight is 336 g/mol. The van der Waals surface area contributed by atoms with Crippen LogP contribution in [0, 0.1) is 0 Å². The largest absolute Gasteiger partial charge is 0.329 e. The number of halogens is 2. The van der Waals surface area contributed by atoms with Crippen molar-refractivity contribution in [2.45, 2.75) is 0 Å². The van der Waals surface area contributed by atoms with Gasteiger partial charge in [-0.25, -0.2) is 5.43 Å². The Morgan fingerprint density at radius 2 is 1.64 bits per heavy atom. The quantitative estimate of drug-likeness (QED) is 0.514. The summed E-state index contributed by atoms with van der Waals surface area (Å²) in [7, 11) is 0. The first-order valence-corrected chi connectivity index (χ1v) is 6.96. The summed E-state index contributed by atoms with van der Waals surface area (Å²) in [6, 6.07) is 13.3. The van der Waals surface area contributed by atoms with Gasteiger partial charge in [0.15, 0.2) is 0 Å². The molecule has 0 atom stereocenters. The van der Waals surface area contributed by atoms with Crippen molar-refractivity contribution in [1.82, 2.24) is 5.43 Å². The standard InChI is InChI=1S/C15H11Cl2N3O2/c16-11-5-7-12(8-6-11)19-14(21)15(22)20-18-9-10-3-1-2-4-13(10)17/h1-9H,(H,19,21)(H,20,22)/b18-9+. The molecule has 5 nitrogen and oxygen atoms in total. The molecule has 2 aromatic carbocycles. The first-order chi connectivity index (χ1) is 10.6. The van der Waals surface area contributed by atoms with Gasteiger partial charge in [-0.2, -0.15) is 5.10 Å². The van der Waals surface area contributed by atoms with Crippen molar-refractivity contribution in [1.29, 1.82) is 0 Å². The highest BCUT2D eigenvalue weighted by molar-refractivity contribution is 6.39. The topological polar surface area (TPSA) is 70.6 Å². The van der Waals surface area contributed by atoms with Crippen LogP contribution >= 0.6 is 23.2 Å². The number of hydrogen-bond donors (Lipinski definition) is 2. The summed E-state index contributed by atoms with van der Waals surface area (Å²) in [6.45, 7) is 0. The summed E-state index contributed by atoms with van der Waals surface area (Å²) >= 11 is 11.7. The number of amides is 2. The number of hydrazone groups is 1. The molecule has 0 spiro atoms. The molecule has 0 aliphatic rings. The molecule has 0 bridgehead atoms. The van der Waals surface area contributed by atoms with Crippen molar-refractivity contribution in [3.63, 3.8) is 0 Å². The van der Waals surface area contributed by atoms with Crippen LogP contribution in [0.3, 0.4) is 0 Å². The minimum atomic E-state index is -0.891. The number of nitrogens with zero attached hydrogens (tertiary/aromatic N) is 1. The lowest BCUT2D eigenvalue weighted by atomic mass is 10.2. The summed E-state index contributed by atoms with van der Waals surface area (Å²) in [6.07, 6.45) is 1.36. The highest BCUT2D eigenvalue weighted by Gasteiger charge is 2.12. The Bertz CT molecular complexity index is 715. The Balaban J connectivity index is 1.90. The van der Waals surface area contributed by atoms with E-state index in [0.29, 0.717) is 21.3 Å². The lowest BCUT2D eigenvalue weighted by molar-refractivity contribution is -0.136. The molecular weight excluding hydrogens is 325 g/mol. The highest BCUT2D eigenvalue weighted by Crippen LogP contribution is 2.13. The summed E-state index contributed by atoms with van der Waals surface area (Å²) in [4.78, 5) is 23.2. The Morgan fingerprint density at radius 3 is 2.32 bits per heavy atom. The molecule has 112 valence electrons. The van der Waals surface area contributed by atoms with E-state index in [-0.39, 0.29) is 0 Å². The van der Waals surface area contributed by atoms with E-state index in [0.717, 1.165) is 0 Å². The molecule has 0 aliphatic heterocycles. The molecule has 0 radical (unpaired) electrons. The normalized spacial score (nSPS) is 10.5. The van der Waals surface area contributed by atoms with Crippen LogP contribution in [-0.4, -0.2) is 18.0 Å². The third-order valence-electron chi connectivity index (χ3n) is 2.58. The molecule has 0 saturated carbocycles. The van der Waals surface area contributed by atoms with Crippen LogP contribution in [0.15, 0.2) is 53.6 Å². The van der Waals surface area contributed by atoms with Crippen LogP contribution in [0.4, 0.5) is 5.69 Å². The number of anilines is 1. The lowest BCUT2D eigenvalue weighted by Gasteiger charge is -2.03. The van der Waals surface area contributed by atoms with E-state index in [4.69, 9.17) is 23.2 Å². The summed E-state index contributed by atoms with van der Waals surface area (Å²) in [5.41, 5.74) is 3.21. The summed E-state index contributed by atoms with van der Waals surface area (Å²) < 4.78 is 0. The van der Waals surface area contributed by atoms with Crippen molar-refractivity contribution >= 4 is 46.9 Å². The molecule has 2 aromatic rings. The Kier molecular flexibility index (Phi) is 5.52. The number of carbonyl (C=O) groups excluding carboxylic acids is 2. The van der Waals surface area contributed by atoms with Crippen LogP contribution in [0.25, 0.3) is 0 Å². The second-order valence-electron chi connectivity index (χ2n) is 4.18. The molecule has 0 unspecified atom stereocenters. The van der Waals surface area contributed by atoms with E-state index in [2.05, 4.69) is 15.8 Å². The van der Waals surface area contributed by atoms with E-state index < -0.39 is 11.8 Å². The monoisotopic (exact) mass is 335 g/mol. The zero-order valence-corrected chi connectivity index (χ0v) is 12.7. The molecule has 0 aromatic heterocycles. The van der Waals surface area contributed by atoms with Gasteiger partial charge in [0, 0.05) is 21.3 Å². The zero-order valence-electron chi connectivity index (χ0n) is 11.2. The van der Waals surface area contributed by atoms with Gasteiger partial charge < -0.3 is 5.32 Å². The molecular formula is C15H11Cl2N3O2. The Hall–Kier alpha value is -2.37. The van der Waals surface area contributed by atoms with Gasteiger partial charge in [-0.3, -0.25) is 9.59 Å². The summed E-state index contributed by atoms with van der Waals surface area (Å²) in [5, 5.41) is 7.13. The average Bonchev–Trinajstić information content (AvgIpc) is 2.51. The van der Waals surface area contributed by atoms with Crippen molar-refractivity contribution in [3.8, 4) is 0 Å². The predicted molar refractivity (Wildman–Crippen MR) is 87.3 cm³/mol. The molecule has 22 heavy (non-hydrogen) atoms. The van der Waals surface area contributed by atoms with Gasteiger partial charge in [-0.15, -0.1) is 0 Å². The van der Waals surface area contributed by atoms with Gasteiger partial charge >= 0.3 is 11.8 Å². The van der Waals surface area contributed by atoms with E-state index in [9.17, 15) is 9.59 Å². The van der Waals surface area contributed by atoms with E-state index >= 15 is 0 Å². The molecule has 2 rings (SSSR count). The zero-order chi connectivity index (χ0) is 15.9. The van der Waals surface area contributed by atoms with Crippen LogP contribution in [-0.2, 0) is 9.59 Å². The minimum absolute atomic E-state index is 0.458. The second-order valence-corrected chi connectivity index (χ2v) is 5.03. The van der Waals surface area contributed by atoms with Crippen molar-refractivity contribution in [2.75, 3.05) is 5.32 Å². The van der Waals surface area contributed by atoms with Crippen molar-refractivity contribution < 1.29 is 9.59 Å². The molecule has 2 N–H and O–H groups in total. The number of carbonyl (C=O) groups is 2. The minimum Gasteiger partial charge on any atom is -0.318 e. The SMILES string of the molecule is O=C(N/N=C/c1ccccc1Cl)C(=O)Nc1ccc(Cl)cc1. The number of rotatable bonds is 3. The van der Waals surface area contributed by atoms with Gasteiger partial charge in [-0.1, -0.05) is 41.4 Å². The van der Waals surface area contributed by atoms with E-state index in [1.165, 1.54) is 6.21 Å². The Morgan fingerprint density at radius 1 is 0.955 bits per heavy atom. The third kappa shape index (κ3) is 4.58. The highest BCUT2D eigenvalue weighted by atomic mass is 35.5. The van der Waals surface area contributed by atoms with Crippen LogP contribution < -0.4 is 10.7 Å². The fourth-order valence-electron chi connectivity index (χ4n) is 1.51. The predicted octanol–water partition coefficient (Wildman–Crippen LogP) is 3.08. The first-order valence-electron chi connectivity index (χ1n) is 6.21. The smallest absolute Gasteiger partial charge is 0.318 e. The van der Waals surface area contributed by atoms with Crippen LogP contribution in [0.2, 0.25) is 10.0 Å². The number of hydrogen-bond acceptors (Lipinski definition) is 3. The number of nitrogens with one attached hydrogen (secondary N) is 2. The molecule has 0 fully saturated rings. The fraction of sp³-hybridized carbons (Fsp3) is 0. The third-order valence-corrected chi connectivity index (χ3v) is 3.18. The number of benzene rings is 2. The van der Waals surface area contributed by atoms with E-state index in [1.54, 1.807) is 48.5 Å². The van der Waals surface area contributed by atoms with Crippen molar-refractivity contribution in [2.24, 2.45) is 5.10 Å². The van der Waals surface area contributed by atoms with Gasteiger partial charge in [0.2, 0.25) is 0 Å². The van der Waals surface area contributed by atoms with Gasteiger partial charge in [0.1, 0.15) is 0 Å². The van der Waals surface area contributed by atoms with Crippen LogP contribution in [0.1, 0.15) is 5.56 Å². The molecule has 0 heterocycles. The fourth-order valence-corrected chi connectivity index (χ4v) is 1.82. The van der Waals surface area contributed by atoms with E-state index in [1.807, 2.05) is 0 Å². The molecule has 2 amide bonds. The summed E-state index contributed by atoms with van der Waals surface area (Å²) in [5.74, 6) is -1.73. The maximum absolute atomic E-state index is 11.7. The maximum atomic E-state index is 11.7. The van der Waals surface area contributed by atoms with Crippen LogP contribution in [0.5, 0.6) is 0 Å². The van der Waals surface area contributed by atoms with Crippen molar-refractivity contribution in [3.05, 3.63) is 64.1 Å². The van der Waals surface area contributed by atoms with Gasteiger partial charge in [0.05, 0.1) is 6.21 Å². The lowest BCUT2D eigenvalue weighted by Crippen LogP contribution is -2.32. The second kappa shape index (κ2) is 7.59. The molecule has 0 aliphatic carbocycles. The van der Waals surface area contributed by atoms with Gasteiger partial charge in [0.25, 0.3) is 0 Å². The first kappa shape index (κ1) is 16.0.